The standard InChI is InChI=1S/C24H25N3O4/c1-17-6-3-7-18(14-17)16-26-11-5-12-27(24(26)29)20-15-19(9-10-21(20)30-2)25-23(28)22-8-4-13-31-22/h3-4,6-10,13-15H,5,11-12,16H2,1-2H3,(H,25,28). The van der Waals surface area contributed by atoms with Crippen LogP contribution in [0.2, 0.25) is 0 Å². The number of ether oxygens (including phenoxy) is 1. The van der Waals surface area contributed by atoms with Crippen molar-refractivity contribution < 1.29 is 18.7 Å². The van der Waals surface area contributed by atoms with Crippen LogP contribution < -0.4 is 15.0 Å². The fourth-order valence-electron chi connectivity index (χ4n) is 3.76. The van der Waals surface area contributed by atoms with Crippen molar-refractivity contribution in [1.82, 2.24) is 4.90 Å². The fourth-order valence-corrected chi connectivity index (χ4v) is 3.76. The van der Waals surface area contributed by atoms with E-state index in [2.05, 4.69) is 11.4 Å². The van der Waals surface area contributed by atoms with Crippen molar-refractivity contribution in [3.05, 3.63) is 77.7 Å². The van der Waals surface area contributed by atoms with E-state index in [9.17, 15) is 9.59 Å². The van der Waals surface area contributed by atoms with Crippen LogP contribution in [0, 0.1) is 6.92 Å². The summed E-state index contributed by atoms with van der Waals surface area (Å²) in [7, 11) is 1.57. The largest absolute Gasteiger partial charge is 0.495 e. The van der Waals surface area contributed by atoms with Gasteiger partial charge >= 0.3 is 6.03 Å². The number of nitrogens with zero attached hydrogens (tertiary/aromatic N) is 2. The lowest BCUT2D eigenvalue weighted by Crippen LogP contribution is -2.49. The van der Waals surface area contributed by atoms with Crippen molar-refractivity contribution in [3.63, 3.8) is 0 Å². The third-order valence-corrected chi connectivity index (χ3v) is 5.24. The first-order chi connectivity index (χ1) is 15.0. The number of aryl methyl sites for hydroxylation is 1. The molecule has 0 unspecified atom stereocenters. The van der Waals surface area contributed by atoms with Crippen molar-refractivity contribution in [1.29, 1.82) is 0 Å². The van der Waals surface area contributed by atoms with Crippen LogP contribution in [0.15, 0.2) is 65.3 Å². The molecule has 0 radical (unpaired) electrons. The summed E-state index contributed by atoms with van der Waals surface area (Å²) in [5.74, 6) is 0.435. The highest BCUT2D eigenvalue weighted by atomic mass is 16.5. The lowest BCUT2D eigenvalue weighted by atomic mass is 10.1. The molecule has 31 heavy (non-hydrogen) atoms. The number of carbonyl (C=O) groups is 2. The summed E-state index contributed by atoms with van der Waals surface area (Å²) in [6.45, 7) is 3.87. The molecule has 0 bridgehead atoms. The average molecular weight is 419 g/mol. The van der Waals surface area contributed by atoms with Gasteiger partial charge in [-0.3, -0.25) is 9.69 Å². The first-order valence-corrected chi connectivity index (χ1v) is 10.2. The summed E-state index contributed by atoms with van der Waals surface area (Å²) in [5, 5.41) is 2.81. The van der Waals surface area contributed by atoms with E-state index in [4.69, 9.17) is 9.15 Å². The van der Waals surface area contributed by atoms with Crippen LogP contribution in [-0.2, 0) is 6.54 Å². The molecule has 0 aliphatic carbocycles. The Morgan fingerprint density at radius 2 is 2.00 bits per heavy atom. The number of hydrogen-bond acceptors (Lipinski definition) is 4. The number of rotatable bonds is 6. The van der Waals surface area contributed by atoms with Crippen LogP contribution in [0.4, 0.5) is 16.2 Å². The molecule has 0 atom stereocenters. The number of nitrogens with one attached hydrogen (secondary N) is 1. The molecule has 7 nitrogen and oxygen atoms in total. The van der Waals surface area contributed by atoms with E-state index in [1.54, 1.807) is 42.3 Å². The molecule has 0 spiro atoms. The van der Waals surface area contributed by atoms with Crippen molar-refractivity contribution in [2.75, 3.05) is 30.4 Å². The first-order valence-electron chi connectivity index (χ1n) is 10.2. The maximum atomic E-state index is 13.3. The van der Waals surface area contributed by atoms with Crippen molar-refractivity contribution in [2.24, 2.45) is 0 Å². The summed E-state index contributed by atoms with van der Waals surface area (Å²) in [6, 6.07) is 16.6. The zero-order valence-electron chi connectivity index (χ0n) is 17.6. The van der Waals surface area contributed by atoms with E-state index in [1.807, 2.05) is 30.0 Å². The molecule has 1 aromatic heterocycles. The number of carbonyl (C=O) groups excluding carboxylic acids is 2. The molecular formula is C24H25N3O4. The van der Waals surface area contributed by atoms with Gasteiger partial charge < -0.3 is 19.4 Å². The van der Waals surface area contributed by atoms with Gasteiger partial charge in [-0.2, -0.15) is 0 Å². The maximum absolute atomic E-state index is 13.3. The lowest BCUT2D eigenvalue weighted by Gasteiger charge is -2.36. The SMILES string of the molecule is COc1ccc(NC(=O)c2ccco2)cc1N1CCCN(Cc2cccc(C)c2)C1=O. The number of anilines is 2. The smallest absolute Gasteiger partial charge is 0.324 e. The Morgan fingerprint density at radius 3 is 2.74 bits per heavy atom. The number of amides is 3. The number of benzene rings is 2. The minimum atomic E-state index is -0.354. The number of methoxy groups -OCH3 is 1. The lowest BCUT2D eigenvalue weighted by molar-refractivity contribution is 0.0996. The molecule has 1 fully saturated rings. The zero-order chi connectivity index (χ0) is 21.8. The normalized spacial score (nSPS) is 13.9. The average Bonchev–Trinajstić information content (AvgIpc) is 3.30. The van der Waals surface area contributed by atoms with Crippen molar-refractivity contribution in [3.8, 4) is 5.75 Å². The molecule has 1 aliphatic rings. The van der Waals surface area contributed by atoms with Gasteiger partial charge in [-0.15, -0.1) is 0 Å². The predicted octanol–water partition coefficient (Wildman–Crippen LogP) is 4.68. The molecule has 1 saturated heterocycles. The molecule has 2 aromatic carbocycles. The second kappa shape index (κ2) is 8.95. The topological polar surface area (TPSA) is 75.0 Å². The molecule has 160 valence electrons. The molecule has 4 rings (SSSR count). The summed E-state index contributed by atoms with van der Waals surface area (Å²) in [5.41, 5.74) is 3.45. The van der Waals surface area contributed by atoms with E-state index < -0.39 is 0 Å². The Labute approximate surface area is 181 Å². The van der Waals surface area contributed by atoms with E-state index in [-0.39, 0.29) is 17.7 Å². The van der Waals surface area contributed by atoms with Crippen LogP contribution in [0.1, 0.15) is 28.1 Å². The highest BCUT2D eigenvalue weighted by molar-refractivity contribution is 6.03. The van der Waals surface area contributed by atoms with E-state index in [1.165, 1.54) is 11.8 Å². The Hall–Kier alpha value is -3.74. The monoisotopic (exact) mass is 419 g/mol. The van der Waals surface area contributed by atoms with Gasteiger partial charge in [0.15, 0.2) is 5.76 Å². The van der Waals surface area contributed by atoms with Gasteiger partial charge in [0, 0.05) is 25.3 Å². The molecular weight excluding hydrogens is 394 g/mol. The third-order valence-electron chi connectivity index (χ3n) is 5.24. The quantitative estimate of drug-likeness (QED) is 0.629. The van der Waals surface area contributed by atoms with Gasteiger partial charge in [-0.25, -0.2) is 4.79 Å². The van der Waals surface area contributed by atoms with Gasteiger partial charge in [0.05, 0.1) is 19.1 Å². The minimum absolute atomic E-state index is 0.0828. The highest BCUT2D eigenvalue weighted by Crippen LogP contribution is 2.34. The molecule has 1 N–H and O–H groups in total. The van der Waals surface area contributed by atoms with Gasteiger partial charge in [0.25, 0.3) is 5.91 Å². The van der Waals surface area contributed by atoms with Gasteiger partial charge in [0.2, 0.25) is 0 Å². The van der Waals surface area contributed by atoms with Crippen LogP contribution in [0.25, 0.3) is 0 Å². The fraction of sp³-hybridized carbons (Fsp3) is 0.250. The zero-order valence-corrected chi connectivity index (χ0v) is 17.6. The van der Waals surface area contributed by atoms with E-state index in [0.717, 1.165) is 12.0 Å². The van der Waals surface area contributed by atoms with E-state index >= 15 is 0 Å². The van der Waals surface area contributed by atoms with Gasteiger partial charge in [-0.1, -0.05) is 29.8 Å². The van der Waals surface area contributed by atoms with Gasteiger partial charge in [0.1, 0.15) is 5.75 Å². The summed E-state index contributed by atoms with van der Waals surface area (Å²) >= 11 is 0. The number of hydrogen-bond donors (Lipinski definition) is 1. The molecule has 7 heteroatoms. The third kappa shape index (κ3) is 4.55. The Kier molecular flexibility index (Phi) is 5.93. The molecule has 3 amide bonds. The maximum Gasteiger partial charge on any atom is 0.324 e. The second-order valence-electron chi connectivity index (χ2n) is 7.52. The van der Waals surface area contributed by atoms with Crippen LogP contribution in [0.3, 0.4) is 0 Å². The minimum Gasteiger partial charge on any atom is -0.495 e. The van der Waals surface area contributed by atoms with Crippen molar-refractivity contribution in [2.45, 2.75) is 19.9 Å². The highest BCUT2D eigenvalue weighted by Gasteiger charge is 2.29. The predicted molar refractivity (Wildman–Crippen MR) is 119 cm³/mol. The van der Waals surface area contributed by atoms with Crippen molar-refractivity contribution >= 4 is 23.3 Å². The van der Waals surface area contributed by atoms with Crippen LogP contribution in [-0.4, -0.2) is 37.0 Å². The second-order valence-corrected chi connectivity index (χ2v) is 7.52. The number of urea groups is 1. The Bertz CT molecular complexity index is 1080. The number of furan rings is 1. The van der Waals surface area contributed by atoms with Crippen LogP contribution in [0.5, 0.6) is 5.75 Å². The Morgan fingerprint density at radius 1 is 1.13 bits per heavy atom. The molecule has 3 aromatic rings. The first kappa shape index (κ1) is 20.5. The van der Waals surface area contributed by atoms with Crippen LogP contribution >= 0.6 is 0 Å². The molecule has 1 aliphatic heterocycles. The van der Waals surface area contributed by atoms with E-state index in [0.29, 0.717) is 36.8 Å². The summed E-state index contributed by atoms with van der Waals surface area (Å²) in [6.07, 6.45) is 2.28. The molecule has 0 saturated carbocycles. The molecule has 2 heterocycles. The summed E-state index contributed by atoms with van der Waals surface area (Å²) in [4.78, 5) is 29.2. The summed E-state index contributed by atoms with van der Waals surface area (Å²) < 4.78 is 10.7. The van der Waals surface area contributed by atoms with Gasteiger partial charge in [-0.05, 0) is 49.2 Å². The Balaban J connectivity index is 1.56.